The Labute approximate surface area is 119 Å². The molecule has 1 aromatic carbocycles. The molecule has 1 aromatic rings. The number of aliphatic carboxylic acids is 1. The Morgan fingerprint density at radius 3 is 2.35 bits per heavy atom. The van der Waals surface area contributed by atoms with E-state index in [0.29, 0.717) is 0 Å². The highest BCUT2D eigenvalue weighted by Crippen LogP contribution is 2.39. The van der Waals surface area contributed by atoms with Gasteiger partial charge in [-0.05, 0) is 18.4 Å². The summed E-state index contributed by atoms with van der Waals surface area (Å²) in [6, 6.07) is 9.86. The Balaban J connectivity index is 2.15. The summed E-state index contributed by atoms with van der Waals surface area (Å²) >= 11 is 0. The molecule has 0 aliphatic heterocycles. The first-order valence-electron chi connectivity index (χ1n) is 7.21. The lowest BCUT2D eigenvalue weighted by molar-refractivity contribution is -0.137. The van der Waals surface area contributed by atoms with E-state index in [1.165, 1.54) is 0 Å². The zero-order valence-corrected chi connectivity index (χ0v) is 11.6. The van der Waals surface area contributed by atoms with Crippen LogP contribution in [0, 0.1) is 0 Å². The number of carboxylic acid groups (broad SMARTS) is 1. The fourth-order valence-corrected chi connectivity index (χ4v) is 3.01. The van der Waals surface area contributed by atoms with Gasteiger partial charge in [0, 0.05) is 6.54 Å². The Morgan fingerprint density at radius 2 is 1.75 bits per heavy atom. The second-order valence-corrected chi connectivity index (χ2v) is 5.41. The number of carbonyl (C=O) groups is 2. The molecule has 2 N–H and O–H groups in total. The lowest BCUT2D eigenvalue weighted by Crippen LogP contribution is -2.46. The van der Waals surface area contributed by atoms with E-state index >= 15 is 0 Å². The third kappa shape index (κ3) is 3.18. The number of amides is 1. The summed E-state index contributed by atoms with van der Waals surface area (Å²) in [6.07, 6.45) is 4.90. The van der Waals surface area contributed by atoms with Crippen LogP contribution in [-0.4, -0.2) is 23.5 Å². The molecule has 0 bridgehead atoms. The number of benzene rings is 1. The van der Waals surface area contributed by atoms with Gasteiger partial charge in [-0.15, -0.1) is 0 Å². The molecule has 0 radical (unpaired) electrons. The van der Waals surface area contributed by atoms with Gasteiger partial charge in [-0.2, -0.15) is 0 Å². The fourth-order valence-electron chi connectivity index (χ4n) is 3.01. The smallest absolute Gasteiger partial charge is 0.305 e. The molecule has 1 aliphatic carbocycles. The number of hydrogen-bond donors (Lipinski definition) is 2. The van der Waals surface area contributed by atoms with Crippen molar-refractivity contribution in [3.05, 3.63) is 35.9 Å². The molecule has 1 fully saturated rings. The molecule has 2 rings (SSSR count). The van der Waals surface area contributed by atoms with E-state index in [2.05, 4.69) is 5.32 Å². The van der Waals surface area contributed by atoms with Crippen LogP contribution in [0.15, 0.2) is 30.3 Å². The van der Waals surface area contributed by atoms with Crippen molar-refractivity contribution in [1.82, 2.24) is 5.32 Å². The summed E-state index contributed by atoms with van der Waals surface area (Å²) in [5.74, 6) is -0.910. The number of rotatable bonds is 5. The van der Waals surface area contributed by atoms with Crippen LogP contribution >= 0.6 is 0 Å². The van der Waals surface area contributed by atoms with Crippen molar-refractivity contribution in [2.24, 2.45) is 0 Å². The first-order chi connectivity index (χ1) is 9.65. The SMILES string of the molecule is O=C(O)CCNC(=O)C1(c2ccccc2)CCCCC1. The first-order valence-corrected chi connectivity index (χ1v) is 7.21. The van der Waals surface area contributed by atoms with Crippen molar-refractivity contribution in [2.75, 3.05) is 6.54 Å². The van der Waals surface area contributed by atoms with Gasteiger partial charge < -0.3 is 10.4 Å². The lowest BCUT2D eigenvalue weighted by atomic mass is 9.68. The average Bonchev–Trinajstić information content (AvgIpc) is 2.48. The molecule has 0 atom stereocenters. The third-order valence-corrected chi connectivity index (χ3v) is 4.09. The molecule has 1 aliphatic rings. The predicted octanol–water partition coefficient (Wildman–Crippen LogP) is 2.48. The summed E-state index contributed by atoms with van der Waals surface area (Å²) in [4.78, 5) is 23.2. The molecule has 0 aromatic heterocycles. The first kappa shape index (κ1) is 14.6. The largest absolute Gasteiger partial charge is 0.481 e. The van der Waals surface area contributed by atoms with Crippen molar-refractivity contribution in [3.63, 3.8) is 0 Å². The maximum atomic E-state index is 12.6. The van der Waals surface area contributed by atoms with Gasteiger partial charge in [0.05, 0.1) is 11.8 Å². The van der Waals surface area contributed by atoms with Crippen molar-refractivity contribution in [3.8, 4) is 0 Å². The van der Waals surface area contributed by atoms with E-state index in [0.717, 1.165) is 37.7 Å². The minimum atomic E-state index is -0.886. The van der Waals surface area contributed by atoms with Gasteiger partial charge in [0.1, 0.15) is 0 Å². The van der Waals surface area contributed by atoms with E-state index in [1.54, 1.807) is 0 Å². The molecule has 0 unspecified atom stereocenters. The Bertz CT molecular complexity index is 464. The fraction of sp³-hybridized carbons (Fsp3) is 0.500. The molecule has 4 nitrogen and oxygen atoms in total. The van der Waals surface area contributed by atoms with Crippen LogP contribution < -0.4 is 5.32 Å². The highest BCUT2D eigenvalue weighted by molar-refractivity contribution is 5.88. The van der Waals surface area contributed by atoms with Gasteiger partial charge in [-0.3, -0.25) is 9.59 Å². The van der Waals surface area contributed by atoms with Crippen LogP contribution in [-0.2, 0) is 15.0 Å². The number of carbonyl (C=O) groups excluding carboxylic acids is 1. The quantitative estimate of drug-likeness (QED) is 0.867. The normalized spacial score (nSPS) is 17.4. The predicted molar refractivity (Wildman–Crippen MR) is 76.5 cm³/mol. The maximum Gasteiger partial charge on any atom is 0.305 e. The van der Waals surface area contributed by atoms with E-state index in [9.17, 15) is 9.59 Å². The van der Waals surface area contributed by atoms with Crippen LogP contribution in [0.25, 0.3) is 0 Å². The molecule has 0 spiro atoms. The molecule has 1 amide bonds. The number of hydrogen-bond acceptors (Lipinski definition) is 2. The van der Waals surface area contributed by atoms with E-state index in [4.69, 9.17) is 5.11 Å². The molecule has 108 valence electrons. The molecule has 0 heterocycles. The highest BCUT2D eigenvalue weighted by Gasteiger charge is 2.40. The average molecular weight is 275 g/mol. The maximum absolute atomic E-state index is 12.6. The molecular formula is C16H21NO3. The number of carboxylic acids is 1. The van der Waals surface area contributed by atoms with Gasteiger partial charge in [0.15, 0.2) is 0 Å². The Hall–Kier alpha value is -1.84. The van der Waals surface area contributed by atoms with Crippen LogP contribution in [0.5, 0.6) is 0 Å². The summed E-state index contributed by atoms with van der Waals surface area (Å²) in [5.41, 5.74) is 0.574. The van der Waals surface area contributed by atoms with Crippen molar-refractivity contribution in [2.45, 2.75) is 43.9 Å². The monoisotopic (exact) mass is 275 g/mol. The van der Waals surface area contributed by atoms with Crippen molar-refractivity contribution >= 4 is 11.9 Å². The molecule has 4 heteroatoms. The highest BCUT2D eigenvalue weighted by atomic mass is 16.4. The molecule has 20 heavy (non-hydrogen) atoms. The van der Waals surface area contributed by atoms with Gasteiger partial charge in [0.25, 0.3) is 0 Å². The minimum absolute atomic E-state index is 0.0235. The summed E-state index contributed by atoms with van der Waals surface area (Å²) < 4.78 is 0. The second kappa shape index (κ2) is 6.55. The summed E-state index contributed by atoms with van der Waals surface area (Å²) in [7, 11) is 0. The van der Waals surface area contributed by atoms with E-state index < -0.39 is 11.4 Å². The second-order valence-electron chi connectivity index (χ2n) is 5.41. The summed E-state index contributed by atoms with van der Waals surface area (Å²) in [5, 5.41) is 11.5. The van der Waals surface area contributed by atoms with Crippen LogP contribution in [0.1, 0.15) is 44.1 Å². The van der Waals surface area contributed by atoms with Gasteiger partial charge >= 0.3 is 5.97 Å². The Kier molecular flexibility index (Phi) is 4.77. The van der Waals surface area contributed by atoms with Crippen LogP contribution in [0.3, 0.4) is 0 Å². The molecule has 1 saturated carbocycles. The number of nitrogens with one attached hydrogen (secondary N) is 1. The topological polar surface area (TPSA) is 66.4 Å². The van der Waals surface area contributed by atoms with E-state index in [1.807, 2.05) is 30.3 Å². The van der Waals surface area contributed by atoms with Gasteiger partial charge in [-0.25, -0.2) is 0 Å². The van der Waals surface area contributed by atoms with Crippen LogP contribution in [0.4, 0.5) is 0 Å². The van der Waals surface area contributed by atoms with Crippen LogP contribution in [0.2, 0.25) is 0 Å². The van der Waals surface area contributed by atoms with E-state index in [-0.39, 0.29) is 18.9 Å². The Morgan fingerprint density at radius 1 is 1.10 bits per heavy atom. The standard InChI is InChI=1S/C16H21NO3/c18-14(19)9-12-17-15(20)16(10-5-2-6-11-16)13-7-3-1-4-8-13/h1,3-4,7-8H,2,5-6,9-12H2,(H,17,20)(H,18,19). The van der Waals surface area contributed by atoms with Gasteiger partial charge in [0.2, 0.25) is 5.91 Å². The van der Waals surface area contributed by atoms with Gasteiger partial charge in [-0.1, -0.05) is 49.6 Å². The minimum Gasteiger partial charge on any atom is -0.481 e. The molecular weight excluding hydrogens is 254 g/mol. The summed E-state index contributed by atoms with van der Waals surface area (Å²) in [6.45, 7) is 0.197. The zero-order valence-electron chi connectivity index (χ0n) is 11.6. The van der Waals surface area contributed by atoms with Crippen molar-refractivity contribution in [1.29, 1.82) is 0 Å². The zero-order chi connectivity index (χ0) is 14.4. The third-order valence-electron chi connectivity index (χ3n) is 4.09. The van der Waals surface area contributed by atoms with Crippen molar-refractivity contribution < 1.29 is 14.7 Å². The lowest BCUT2D eigenvalue weighted by Gasteiger charge is -2.36. The molecule has 0 saturated heterocycles.